The Labute approximate surface area is 112 Å². The molecule has 19 heavy (non-hydrogen) atoms. The molecule has 1 unspecified atom stereocenters. The van der Waals surface area contributed by atoms with Gasteiger partial charge in [-0.1, -0.05) is 0 Å². The zero-order chi connectivity index (χ0) is 14.3. The average Bonchev–Trinajstić information content (AvgIpc) is 2.84. The second-order valence-corrected chi connectivity index (χ2v) is 4.35. The number of esters is 1. The molecule has 108 valence electrons. The first-order chi connectivity index (χ1) is 9.08. The molecule has 0 aliphatic carbocycles. The zero-order valence-electron chi connectivity index (χ0n) is 11.3. The van der Waals surface area contributed by atoms with Crippen molar-refractivity contribution in [3.8, 4) is 0 Å². The van der Waals surface area contributed by atoms with Gasteiger partial charge in [0.1, 0.15) is 0 Å². The molecule has 1 aliphatic heterocycles. The molecule has 1 atom stereocenters. The Kier molecular flexibility index (Phi) is 6.27. The third-order valence-corrected chi connectivity index (χ3v) is 3.02. The van der Waals surface area contributed by atoms with Crippen molar-refractivity contribution in [2.24, 2.45) is 5.92 Å². The Bertz CT molecular complexity index is 345. The molecule has 0 saturated carbocycles. The lowest BCUT2D eigenvalue weighted by atomic mass is 10.1. The Morgan fingerprint density at radius 1 is 1.37 bits per heavy atom. The Morgan fingerprint density at radius 3 is 2.63 bits per heavy atom. The van der Waals surface area contributed by atoms with E-state index < -0.39 is 0 Å². The number of hydrogen-bond donors (Lipinski definition) is 1. The molecule has 1 rings (SSSR count). The smallest absolute Gasteiger partial charge is 0.307 e. The van der Waals surface area contributed by atoms with Crippen molar-refractivity contribution in [3.63, 3.8) is 0 Å². The predicted molar refractivity (Wildman–Crippen MR) is 66.2 cm³/mol. The van der Waals surface area contributed by atoms with Crippen LogP contribution in [0.25, 0.3) is 0 Å². The van der Waals surface area contributed by atoms with Crippen LogP contribution >= 0.6 is 0 Å². The number of nitrogens with one attached hydrogen (secondary N) is 1. The summed E-state index contributed by atoms with van der Waals surface area (Å²) in [6, 6.07) is 0. The summed E-state index contributed by atoms with van der Waals surface area (Å²) in [6.07, 6.45) is 0.348. The topological polar surface area (TPSA) is 84.9 Å². The number of rotatable bonds is 7. The van der Waals surface area contributed by atoms with E-state index in [2.05, 4.69) is 10.1 Å². The lowest BCUT2D eigenvalue weighted by Crippen LogP contribution is -2.40. The first-order valence-corrected chi connectivity index (χ1v) is 6.19. The van der Waals surface area contributed by atoms with Crippen LogP contribution in [-0.4, -0.2) is 63.1 Å². The minimum Gasteiger partial charge on any atom is -0.469 e. The summed E-state index contributed by atoms with van der Waals surface area (Å²) >= 11 is 0. The molecule has 0 bridgehead atoms. The molecular weight excluding hydrogens is 252 g/mol. The van der Waals surface area contributed by atoms with Crippen molar-refractivity contribution >= 4 is 17.8 Å². The Morgan fingerprint density at radius 2 is 2.11 bits per heavy atom. The summed E-state index contributed by atoms with van der Waals surface area (Å²) in [5.74, 6) is -0.949. The first kappa shape index (κ1) is 15.4. The van der Waals surface area contributed by atoms with Crippen molar-refractivity contribution in [2.45, 2.75) is 12.8 Å². The molecule has 7 nitrogen and oxygen atoms in total. The lowest BCUT2D eigenvalue weighted by Gasteiger charge is -2.24. The fraction of sp³-hybridized carbons (Fsp3) is 0.750. The van der Waals surface area contributed by atoms with Crippen molar-refractivity contribution in [1.29, 1.82) is 0 Å². The maximum Gasteiger partial charge on any atom is 0.307 e. The van der Waals surface area contributed by atoms with Gasteiger partial charge in [0, 0.05) is 33.2 Å². The second-order valence-electron chi connectivity index (χ2n) is 4.35. The third kappa shape index (κ3) is 4.86. The predicted octanol–water partition coefficient (Wildman–Crippen LogP) is -0.839. The van der Waals surface area contributed by atoms with E-state index in [9.17, 15) is 14.4 Å². The van der Waals surface area contributed by atoms with Crippen molar-refractivity contribution in [2.75, 3.05) is 40.5 Å². The van der Waals surface area contributed by atoms with Gasteiger partial charge < -0.3 is 19.7 Å². The van der Waals surface area contributed by atoms with Crippen LogP contribution in [0.15, 0.2) is 0 Å². The average molecular weight is 272 g/mol. The minimum absolute atomic E-state index is 0.113. The highest BCUT2D eigenvalue weighted by atomic mass is 16.5. The molecule has 0 radical (unpaired) electrons. The van der Waals surface area contributed by atoms with Crippen LogP contribution < -0.4 is 5.32 Å². The summed E-state index contributed by atoms with van der Waals surface area (Å²) in [7, 11) is 2.85. The maximum atomic E-state index is 12.2. The molecule has 0 aromatic rings. The SMILES string of the molecule is COCCN(CCC(=O)OC)C(=O)C1CNC(=O)C1. The van der Waals surface area contributed by atoms with Gasteiger partial charge in [-0.2, -0.15) is 0 Å². The summed E-state index contributed by atoms with van der Waals surface area (Å²) < 4.78 is 9.50. The molecule has 1 aliphatic rings. The van der Waals surface area contributed by atoms with Crippen LogP contribution in [0.1, 0.15) is 12.8 Å². The molecule has 2 amide bonds. The van der Waals surface area contributed by atoms with E-state index in [1.54, 1.807) is 12.0 Å². The number of amides is 2. The molecule has 1 N–H and O–H groups in total. The number of hydrogen-bond acceptors (Lipinski definition) is 5. The highest BCUT2D eigenvalue weighted by Crippen LogP contribution is 2.13. The van der Waals surface area contributed by atoms with E-state index in [-0.39, 0.29) is 43.1 Å². The molecule has 7 heteroatoms. The molecule has 1 heterocycles. The summed E-state index contributed by atoms with van der Waals surface area (Å²) in [5, 5.41) is 2.63. The fourth-order valence-electron chi connectivity index (χ4n) is 1.90. The van der Waals surface area contributed by atoms with Gasteiger partial charge in [0.15, 0.2) is 0 Å². The van der Waals surface area contributed by atoms with Gasteiger partial charge in [-0.3, -0.25) is 14.4 Å². The Balaban J connectivity index is 2.53. The summed E-state index contributed by atoms with van der Waals surface area (Å²) in [4.78, 5) is 36.0. The van der Waals surface area contributed by atoms with Crippen molar-refractivity contribution in [3.05, 3.63) is 0 Å². The standard InChI is InChI=1S/C12H20N2O5/c1-18-6-5-14(4-3-11(16)19-2)12(17)9-7-10(15)13-8-9/h9H,3-8H2,1-2H3,(H,13,15). The molecule has 0 aromatic heterocycles. The molecule has 0 spiro atoms. The van der Waals surface area contributed by atoms with Crippen LogP contribution in [-0.2, 0) is 23.9 Å². The normalized spacial score (nSPS) is 18.0. The molecular formula is C12H20N2O5. The van der Waals surface area contributed by atoms with Gasteiger partial charge in [-0.05, 0) is 0 Å². The van der Waals surface area contributed by atoms with Crippen LogP contribution in [0.5, 0.6) is 0 Å². The number of carbonyl (C=O) groups excluding carboxylic acids is 3. The highest BCUT2D eigenvalue weighted by molar-refractivity contribution is 5.89. The van der Waals surface area contributed by atoms with E-state index in [0.29, 0.717) is 19.7 Å². The van der Waals surface area contributed by atoms with Gasteiger partial charge in [0.25, 0.3) is 0 Å². The van der Waals surface area contributed by atoms with Gasteiger partial charge in [0.2, 0.25) is 11.8 Å². The first-order valence-electron chi connectivity index (χ1n) is 6.19. The Hall–Kier alpha value is -1.63. The largest absolute Gasteiger partial charge is 0.469 e. The number of methoxy groups -OCH3 is 2. The number of nitrogens with zero attached hydrogens (tertiary/aromatic N) is 1. The number of carbonyl (C=O) groups is 3. The van der Waals surface area contributed by atoms with Gasteiger partial charge in [-0.15, -0.1) is 0 Å². The number of ether oxygens (including phenoxy) is 2. The van der Waals surface area contributed by atoms with Crippen LogP contribution in [0, 0.1) is 5.92 Å². The quantitative estimate of drug-likeness (QED) is 0.611. The van der Waals surface area contributed by atoms with E-state index in [1.807, 2.05) is 0 Å². The van der Waals surface area contributed by atoms with E-state index in [1.165, 1.54) is 7.11 Å². The zero-order valence-corrected chi connectivity index (χ0v) is 11.3. The highest BCUT2D eigenvalue weighted by Gasteiger charge is 2.31. The maximum absolute atomic E-state index is 12.2. The minimum atomic E-state index is -0.365. The van der Waals surface area contributed by atoms with Crippen molar-refractivity contribution in [1.82, 2.24) is 10.2 Å². The van der Waals surface area contributed by atoms with Gasteiger partial charge in [-0.25, -0.2) is 0 Å². The van der Waals surface area contributed by atoms with Gasteiger partial charge >= 0.3 is 5.97 Å². The molecule has 0 aromatic carbocycles. The van der Waals surface area contributed by atoms with Gasteiger partial charge in [0.05, 0.1) is 26.1 Å². The second kappa shape index (κ2) is 7.73. The van der Waals surface area contributed by atoms with E-state index in [4.69, 9.17) is 4.74 Å². The van der Waals surface area contributed by atoms with Crippen molar-refractivity contribution < 1.29 is 23.9 Å². The van der Waals surface area contributed by atoms with E-state index >= 15 is 0 Å². The summed E-state index contributed by atoms with van der Waals surface area (Å²) in [6.45, 7) is 1.43. The fourth-order valence-corrected chi connectivity index (χ4v) is 1.90. The van der Waals surface area contributed by atoms with Crippen LogP contribution in [0.3, 0.4) is 0 Å². The van der Waals surface area contributed by atoms with E-state index in [0.717, 1.165) is 0 Å². The molecule has 1 fully saturated rings. The van der Waals surface area contributed by atoms with Crippen LogP contribution in [0.2, 0.25) is 0 Å². The monoisotopic (exact) mass is 272 g/mol. The summed E-state index contributed by atoms with van der Waals surface area (Å²) in [5.41, 5.74) is 0. The van der Waals surface area contributed by atoms with Crippen LogP contribution in [0.4, 0.5) is 0 Å². The third-order valence-electron chi connectivity index (χ3n) is 3.02. The lowest BCUT2D eigenvalue weighted by molar-refractivity contribution is -0.142. The molecule has 1 saturated heterocycles.